The summed E-state index contributed by atoms with van der Waals surface area (Å²) in [6.07, 6.45) is 1.14. The number of nitrogens with zero attached hydrogens (tertiary/aromatic N) is 1. The first-order valence-corrected chi connectivity index (χ1v) is 7.99. The van der Waals surface area contributed by atoms with E-state index in [4.69, 9.17) is 12.6 Å². The number of fused-ring (bicyclic) bond motifs is 5. The molecule has 120 valence electrons. The number of para-hydroxylation sites is 1. The third kappa shape index (κ3) is 2.07. The topological polar surface area (TPSA) is 26.0 Å². The molecule has 0 atom stereocenters. The highest BCUT2D eigenvalue weighted by molar-refractivity contribution is 6.17. The summed E-state index contributed by atoms with van der Waals surface area (Å²) in [6, 6.07) is 18.9. The molecule has 0 unspecified atom stereocenters. The Kier molecular flexibility index (Phi) is 1.94. The van der Waals surface area contributed by atoms with E-state index in [1.54, 1.807) is 6.07 Å². The number of hydrogen-bond donors (Lipinski definition) is 0. The minimum Gasteiger partial charge on any atom is -0.455 e. The van der Waals surface area contributed by atoms with Crippen LogP contribution in [0.4, 0.5) is 0 Å². The summed E-state index contributed by atoms with van der Waals surface area (Å²) in [5, 5.41) is 3.87. The van der Waals surface area contributed by atoms with Crippen LogP contribution in [0.5, 0.6) is 0 Å². The number of rotatable bonds is 1. The third-order valence-corrected chi connectivity index (χ3v) is 4.57. The van der Waals surface area contributed by atoms with Crippen LogP contribution in [0.2, 0.25) is 0 Å². The van der Waals surface area contributed by atoms with Gasteiger partial charge in [-0.05, 0) is 48.4 Å². The van der Waals surface area contributed by atoms with Crippen molar-refractivity contribution in [3.8, 4) is 11.3 Å². The molecule has 0 saturated heterocycles. The van der Waals surface area contributed by atoms with Crippen molar-refractivity contribution in [2.45, 2.75) is 13.7 Å². The van der Waals surface area contributed by atoms with Crippen molar-refractivity contribution < 1.29 is 12.6 Å². The molecule has 0 radical (unpaired) electrons. The number of benzene rings is 3. The second-order valence-electron chi connectivity index (χ2n) is 6.06. The average molecular weight is 329 g/mol. The van der Waals surface area contributed by atoms with Crippen LogP contribution < -0.4 is 0 Å². The Morgan fingerprint density at radius 2 is 1.64 bits per heavy atom. The molecule has 0 bridgehead atoms. The molecule has 0 spiro atoms. The van der Waals surface area contributed by atoms with Crippen molar-refractivity contribution >= 4 is 32.7 Å². The summed E-state index contributed by atoms with van der Waals surface area (Å²) < 4.78 is 52.8. The predicted octanol–water partition coefficient (Wildman–Crippen LogP) is 6.42. The van der Waals surface area contributed by atoms with Crippen molar-refractivity contribution in [2.75, 3.05) is 0 Å². The minimum absolute atomic E-state index is 0.226. The van der Waals surface area contributed by atoms with Gasteiger partial charge < -0.3 is 4.42 Å². The molecule has 0 aliphatic carbocycles. The van der Waals surface area contributed by atoms with Gasteiger partial charge in [0.1, 0.15) is 11.2 Å². The van der Waals surface area contributed by atoms with E-state index in [0.29, 0.717) is 16.8 Å². The van der Waals surface area contributed by atoms with Gasteiger partial charge in [-0.15, -0.1) is 0 Å². The van der Waals surface area contributed by atoms with Crippen molar-refractivity contribution in [2.24, 2.45) is 0 Å². The van der Waals surface area contributed by atoms with E-state index in [9.17, 15) is 0 Å². The van der Waals surface area contributed by atoms with Crippen molar-refractivity contribution in [3.05, 3.63) is 78.0 Å². The first kappa shape index (κ1) is 9.38. The Morgan fingerprint density at radius 1 is 0.800 bits per heavy atom. The fraction of sp³-hybridized carbons (Fsp3) is 0.0870. The molecule has 3 aromatic carbocycles. The smallest absolute Gasteiger partial charge is 0.144 e. The lowest BCUT2D eigenvalue weighted by Crippen LogP contribution is -1.88. The van der Waals surface area contributed by atoms with Crippen LogP contribution >= 0.6 is 0 Å². The summed E-state index contributed by atoms with van der Waals surface area (Å²) in [4.78, 5) is 4.30. The zero-order valence-corrected chi connectivity index (χ0v) is 13.2. The SMILES string of the molecule is [2H]C([2H])([2H])c1cnc(-c2cccc3c2oc2c4ccccc4ccc32)cc1C([2H])([2H])[2H]. The predicted molar refractivity (Wildman–Crippen MR) is 104 cm³/mol. The van der Waals surface area contributed by atoms with Gasteiger partial charge >= 0.3 is 0 Å². The maximum Gasteiger partial charge on any atom is 0.144 e. The molecule has 25 heavy (non-hydrogen) atoms. The third-order valence-electron chi connectivity index (χ3n) is 4.57. The molecule has 0 N–H and O–H groups in total. The first-order valence-electron chi connectivity index (χ1n) is 11.0. The summed E-state index contributed by atoms with van der Waals surface area (Å²) in [5.74, 6) is 0. The standard InChI is InChI=1S/C23H17NO/c1-14-12-21(24-13-15(14)2)20-9-5-8-18-19-11-10-16-6-3-4-7-17(16)22(19)25-23(18)20/h3-13H,1-2H3/i1D3,2D3. The molecule has 5 rings (SSSR count). The van der Waals surface area contributed by atoms with E-state index in [1.165, 1.54) is 6.07 Å². The van der Waals surface area contributed by atoms with Crippen molar-refractivity contribution in [1.82, 2.24) is 4.98 Å². The Balaban J connectivity index is 1.80. The largest absolute Gasteiger partial charge is 0.455 e. The zero-order valence-electron chi connectivity index (χ0n) is 19.2. The number of hydrogen-bond acceptors (Lipinski definition) is 2. The van der Waals surface area contributed by atoms with Gasteiger partial charge in [0.25, 0.3) is 0 Å². The van der Waals surface area contributed by atoms with Crippen molar-refractivity contribution in [3.63, 3.8) is 0 Å². The maximum atomic E-state index is 7.83. The number of furan rings is 1. The normalized spacial score (nSPS) is 16.2. The summed E-state index contributed by atoms with van der Waals surface area (Å²) >= 11 is 0. The highest BCUT2D eigenvalue weighted by atomic mass is 16.3. The first-order chi connectivity index (χ1) is 14.6. The molecule has 2 heteroatoms. The quantitative estimate of drug-likeness (QED) is 0.355. The molecule has 0 amide bonds. The van der Waals surface area contributed by atoms with Crippen LogP contribution in [-0.4, -0.2) is 4.98 Å². The van der Waals surface area contributed by atoms with Crippen LogP contribution in [0.25, 0.3) is 44.0 Å². The second-order valence-corrected chi connectivity index (χ2v) is 6.06. The second kappa shape index (κ2) is 5.18. The van der Waals surface area contributed by atoms with E-state index in [0.717, 1.165) is 33.3 Å². The van der Waals surface area contributed by atoms with Gasteiger partial charge in [-0.3, -0.25) is 4.98 Å². The molecule has 0 fully saturated rings. The van der Waals surface area contributed by atoms with E-state index in [2.05, 4.69) is 4.98 Å². The summed E-state index contributed by atoms with van der Waals surface area (Å²) in [5.41, 5.74) is 1.80. The Morgan fingerprint density at radius 3 is 2.56 bits per heavy atom. The van der Waals surface area contributed by atoms with Gasteiger partial charge in [-0.2, -0.15) is 0 Å². The lowest BCUT2D eigenvalue weighted by atomic mass is 10.0. The lowest BCUT2D eigenvalue weighted by molar-refractivity contribution is 0.673. The van der Waals surface area contributed by atoms with E-state index < -0.39 is 13.7 Å². The molecule has 2 heterocycles. The zero-order chi connectivity index (χ0) is 22.0. The highest BCUT2D eigenvalue weighted by Gasteiger charge is 2.14. The van der Waals surface area contributed by atoms with Crippen LogP contribution in [-0.2, 0) is 0 Å². The number of pyridine rings is 1. The highest BCUT2D eigenvalue weighted by Crippen LogP contribution is 2.38. The van der Waals surface area contributed by atoms with Gasteiger partial charge in [0.2, 0.25) is 0 Å². The molecular weight excluding hydrogens is 306 g/mol. The van der Waals surface area contributed by atoms with Crippen LogP contribution in [0, 0.1) is 13.7 Å². The molecule has 0 aliphatic rings. The van der Waals surface area contributed by atoms with Crippen molar-refractivity contribution in [1.29, 1.82) is 0 Å². The van der Waals surface area contributed by atoms with Gasteiger partial charge in [0.05, 0.1) is 5.69 Å². The Labute approximate surface area is 154 Å². The van der Waals surface area contributed by atoms with Crippen LogP contribution in [0.3, 0.4) is 0 Å². The van der Waals surface area contributed by atoms with Gasteiger partial charge in [0, 0.05) is 36.1 Å². The summed E-state index contributed by atoms with van der Waals surface area (Å²) in [6.45, 7) is -5.15. The van der Waals surface area contributed by atoms with E-state index in [1.807, 2.05) is 48.5 Å². The molecular formula is C23H17NO. The average Bonchev–Trinajstić information content (AvgIpc) is 3.11. The number of aryl methyl sites for hydroxylation is 2. The number of aromatic nitrogens is 1. The minimum atomic E-state index is -2.58. The fourth-order valence-electron chi connectivity index (χ4n) is 3.33. The molecule has 0 aliphatic heterocycles. The molecule has 5 aromatic rings. The fourth-order valence-corrected chi connectivity index (χ4v) is 3.33. The maximum absolute atomic E-state index is 7.83. The Bertz CT molecular complexity index is 1460. The summed E-state index contributed by atoms with van der Waals surface area (Å²) in [7, 11) is 0. The van der Waals surface area contributed by atoms with Gasteiger partial charge in [-0.25, -0.2) is 0 Å². The van der Waals surface area contributed by atoms with E-state index >= 15 is 0 Å². The molecule has 2 nitrogen and oxygen atoms in total. The lowest BCUT2D eigenvalue weighted by Gasteiger charge is -2.05. The molecule has 0 saturated carbocycles. The molecule has 2 aromatic heterocycles. The Hall–Kier alpha value is -3.13. The monoisotopic (exact) mass is 329 g/mol. The van der Waals surface area contributed by atoms with Crippen LogP contribution in [0.1, 0.15) is 19.4 Å². The van der Waals surface area contributed by atoms with Crippen LogP contribution in [0.15, 0.2) is 71.3 Å². The van der Waals surface area contributed by atoms with Gasteiger partial charge in [-0.1, -0.05) is 42.5 Å². The van der Waals surface area contributed by atoms with Gasteiger partial charge in [0.15, 0.2) is 0 Å². The van der Waals surface area contributed by atoms with E-state index in [-0.39, 0.29) is 11.1 Å².